The fourth-order valence-corrected chi connectivity index (χ4v) is 2.02. The molecule has 0 amide bonds. The monoisotopic (exact) mass is 257 g/mol. The van der Waals surface area contributed by atoms with Crippen molar-refractivity contribution in [2.75, 3.05) is 12.5 Å². The van der Waals surface area contributed by atoms with Crippen molar-refractivity contribution in [3.05, 3.63) is 24.3 Å². The lowest BCUT2D eigenvalue weighted by Crippen LogP contribution is -2.04. The zero-order valence-corrected chi connectivity index (χ0v) is 10.3. The molecular formula is C10H11NO3S2. The molecule has 1 rings (SSSR count). The summed E-state index contributed by atoms with van der Waals surface area (Å²) in [5.41, 5.74) is 0. The van der Waals surface area contributed by atoms with E-state index in [0.29, 0.717) is 5.75 Å². The van der Waals surface area contributed by atoms with Crippen LogP contribution < -0.4 is 4.74 Å². The molecule has 0 fully saturated rings. The number of hydrogen-bond donors (Lipinski definition) is 0. The van der Waals surface area contributed by atoms with Gasteiger partial charge in [0.05, 0.1) is 15.8 Å². The van der Waals surface area contributed by atoms with E-state index >= 15 is 0 Å². The van der Waals surface area contributed by atoms with Crippen LogP contribution >= 0.6 is 12.2 Å². The van der Waals surface area contributed by atoms with E-state index in [9.17, 15) is 8.42 Å². The van der Waals surface area contributed by atoms with Crippen molar-refractivity contribution < 1.29 is 13.2 Å². The minimum Gasteiger partial charge on any atom is -0.471 e. The van der Waals surface area contributed by atoms with E-state index in [1.54, 1.807) is 19.1 Å². The van der Waals surface area contributed by atoms with Crippen LogP contribution in [0.15, 0.2) is 34.2 Å². The molecule has 0 saturated carbocycles. The quantitative estimate of drug-likeness (QED) is 0.597. The van der Waals surface area contributed by atoms with Crippen LogP contribution in [0, 0.1) is 0 Å². The van der Waals surface area contributed by atoms with Crippen LogP contribution in [-0.2, 0) is 9.84 Å². The first kappa shape index (κ1) is 12.8. The van der Waals surface area contributed by atoms with Gasteiger partial charge in [0.25, 0.3) is 0 Å². The van der Waals surface area contributed by atoms with Crippen LogP contribution in [0.4, 0.5) is 0 Å². The van der Waals surface area contributed by atoms with Crippen molar-refractivity contribution in [2.45, 2.75) is 11.8 Å². The summed E-state index contributed by atoms with van der Waals surface area (Å²) in [6.07, 6.45) is 0. The van der Waals surface area contributed by atoms with E-state index in [4.69, 9.17) is 4.74 Å². The van der Waals surface area contributed by atoms with Gasteiger partial charge in [-0.3, -0.25) is 0 Å². The lowest BCUT2D eigenvalue weighted by molar-refractivity contribution is 0.331. The molecule has 0 N–H and O–H groups in total. The van der Waals surface area contributed by atoms with Crippen LogP contribution in [0.3, 0.4) is 0 Å². The van der Waals surface area contributed by atoms with Crippen molar-refractivity contribution >= 4 is 27.2 Å². The second-order valence-electron chi connectivity index (χ2n) is 2.90. The normalized spacial score (nSPS) is 10.6. The van der Waals surface area contributed by atoms with Crippen LogP contribution in [0.25, 0.3) is 0 Å². The van der Waals surface area contributed by atoms with Gasteiger partial charge in [-0.2, -0.15) is 4.99 Å². The molecule has 0 spiro atoms. The largest absolute Gasteiger partial charge is 0.471 e. The third-order valence-electron chi connectivity index (χ3n) is 1.90. The predicted molar refractivity (Wildman–Crippen MR) is 64.7 cm³/mol. The molecule has 16 heavy (non-hydrogen) atoms. The molecule has 1 aromatic carbocycles. The molecule has 0 radical (unpaired) electrons. The maximum absolute atomic E-state index is 11.6. The van der Waals surface area contributed by atoms with Crippen LogP contribution in [-0.4, -0.2) is 26.1 Å². The van der Waals surface area contributed by atoms with Gasteiger partial charge in [-0.25, -0.2) is 8.42 Å². The van der Waals surface area contributed by atoms with Crippen LogP contribution in [0.2, 0.25) is 0 Å². The zero-order chi connectivity index (χ0) is 12.0. The summed E-state index contributed by atoms with van der Waals surface area (Å²) in [7, 11) is -3.20. The minimum absolute atomic E-state index is 0.0408. The van der Waals surface area contributed by atoms with Gasteiger partial charge >= 0.3 is 0 Å². The molecule has 1 aromatic rings. The molecule has 0 saturated heterocycles. The van der Waals surface area contributed by atoms with Crippen molar-refractivity contribution in [3.63, 3.8) is 0 Å². The summed E-state index contributed by atoms with van der Waals surface area (Å²) in [5.74, 6) is 0.512. The molecule has 0 atom stereocenters. The summed E-state index contributed by atoms with van der Waals surface area (Å²) in [6.45, 7) is 1.64. The third kappa shape index (κ3) is 3.41. The van der Waals surface area contributed by atoms with Gasteiger partial charge in [-0.15, -0.1) is 0 Å². The smallest absolute Gasteiger partial charge is 0.188 e. The maximum Gasteiger partial charge on any atom is 0.188 e. The number of hydrogen-bond acceptors (Lipinski definition) is 5. The predicted octanol–water partition coefficient (Wildman–Crippen LogP) is 1.92. The van der Waals surface area contributed by atoms with Crippen molar-refractivity contribution in [1.82, 2.24) is 0 Å². The van der Waals surface area contributed by atoms with Gasteiger partial charge < -0.3 is 4.74 Å². The average molecular weight is 257 g/mol. The number of ether oxygens (including phenoxy) is 1. The Morgan fingerprint density at radius 2 is 2.25 bits per heavy atom. The third-order valence-corrected chi connectivity index (χ3v) is 3.77. The van der Waals surface area contributed by atoms with Crippen molar-refractivity contribution in [3.8, 4) is 5.75 Å². The molecular weight excluding hydrogens is 246 g/mol. The van der Waals surface area contributed by atoms with E-state index < -0.39 is 9.84 Å². The molecule has 0 aliphatic heterocycles. The number of benzene rings is 1. The molecule has 86 valence electrons. The Morgan fingerprint density at radius 1 is 1.50 bits per heavy atom. The van der Waals surface area contributed by atoms with E-state index in [0.717, 1.165) is 0 Å². The Morgan fingerprint density at radius 3 is 2.88 bits per heavy atom. The molecule has 6 heteroatoms. The molecule has 4 nitrogen and oxygen atoms in total. The van der Waals surface area contributed by atoms with Crippen molar-refractivity contribution in [2.24, 2.45) is 4.99 Å². The van der Waals surface area contributed by atoms with E-state index in [1.807, 2.05) is 0 Å². The van der Waals surface area contributed by atoms with Gasteiger partial charge in [0.2, 0.25) is 0 Å². The lowest BCUT2D eigenvalue weighted by atomic mass is 10.3. The SMILES string of the molecule is CCS(=O)(=O)c1cccc(OCN=C=S)c1. The number of sulfone groups is 1. The Balaban J connectivity index is 2.91. The number of thiocarbonyl (C=S) groups is 1. The van der Waals surface area contributed by atoms with E-state index in [-0.39, 0.29) is 17.4 Å². The molecule has 0 unspecified atom stereocenters. The van der Waals surface area contributed by atoms with Crippen molar-refractivity contribution in [1.29, 1.82) is 0 Å². The lowest BCUT2D eigenvalue weighted by Gasteiger charge is -2.05. The Hall–Kier alpha value is -1.23. The average Bonchev–Trinajstić information content (AvgIpc) is 2.30. The molecule has 0 bridgehead atoms. The van der Waals surface area contributed by atoms with Crippen LogP contribution in [0.1, 0.15) is 6.92 Å². The topological polar surface area (TPSA) is 55.7 Å². The standard InChI is InChI=1S/C10H11NO3S2/c1-2-16(12,13)10-5-3-4-9(6-10)14-7-11-8-15/h3-6H,2,7H2,1H3. The summed E-state index contributed by atoms with van der Waals surface area (Å²) >= 11 is 4.38. The van der Waals surface area contributed by atoms with Gasteiger partial charge in [-0.1, -0.05) is 13.0 Å². The number of rotatable bonds is 5. The summed E-state index contributed by atoms with van der Waals surface area (Å²) in [6, 6.07) is 6.29. The first-order valence-electron chi connectivity index (χ1n) is 4.59. The van der Waals surface area contributed by atoms with E-state index in [1.165, 1.54) is 12.1 Å². The highest BCUT2D eigenvalue weighted by Gasteiger charge is 2.11. The highest BCUT2D eigenvalue weighted by Crippen LogP contribution is 2.18. The highest BCUT2D eigenvalue weighted by atomic mass is 32.2. The number of isothiocyanates is 1. The fraction of sp³-hybridized carbons (Fsp3) is 0.300. The Labute approximate surface area is 99.9 Å². The molecule has 0 aromatic heterocycles. The molecule has 0 heterocycles. The van der Waals surface area contributed by atoms with Gasteiger partial charge in [0.15, 0.2) is 16.6 Å². The van der Waals surface area contributed by atoms with E-state index in [2.05, 4.69) is 22.4 Å². The zero-order valence-electron chi connectivity index (χ0n) is 8.71. The van der Waals surface area contributed by atoms with Gasteiger partial charge in [-0.05, 0) is 30.4 Å². The highest BCUT2D eigenvalue weighted by molar-refractivity contribution is 7.91. The fourth-order valence-electron chi connectivity index (χ4n) is 1.06. The number of nitrogens with zero attached hydrogens (tertiary/aromatic N) is 1. The number of aliphatic imine (C=N–C) groups is 1. The first-order valence-corrected chi connectivity index (χ1v) is 6.65. The van der Waals surface area contributed by atoms with Gasteiger partial charge in [0.1, 0.15) is 5.75 Å². The first-order chi connectivity index (χ1) is 7.60. The second kappa shape index (κ2) is 5.75. The minimum atomic E-state index is -3.20. The second-order valence-corrected chi connectivity index (χ2v) is 5.36. The summed E-state index contributed by atoms with van der Waals surface area (Å²) in [5, 5.41) is 2.16. The summed E-state index contributed by atoms with van der Waals surface area (Å²) < 4.78 is 28.3. The Bertz CT molecular complexity index is 505. The van der Waals surface area contributed by atoms with Gasteiger partial charge in [0, 0.05) is 0 Å². The molecule has 0 aliphatic carbocycles. The summed E-state index contributed by atoms with van der Waals surface area (Å²) in [4.78, 5) is 3.82. The Kier molecular flexibility index (Phi) is 4.61. The van der Waals surface area contributed by atoms with Crippen LogP contribution in [0.5, 0.6) is 5.75 Å². The molecule has 0 aliphatic rings. The maximum atomic E-state index is 11.6.